The summed E-state index contributed by atoms with van der Waals surface area (Å²) in [6.07, 6.45) is 0.548. The molecule has 0 aliphatic rings. The molecule has 2 rings (SSSR count). The Labute approximate surface area is 139 Å². The van der Waals surface area contributed by atoms with Crippen LogP contribution in [0.15, 0.2) is 48.5 Å². The molecule has 6 heteroatoms. The van der Waals surface area contributed by atoms with Gasteiger partial charge in [0.05, 0.1) is 0 Å². The van der Waals surface area contributed by atoms with Crippen LogP contribution in [-0.2, 0) is 16.0 Å². The van der Waals surface area contributed by atoms with Crippen molar-refractivity contribution in [2.45, 2.75) is 13.3 Å². The zero-order valence-corrected chi connectivity index (χ0v) is 13.2. The fraction of sp³-hybridized carbons (Fsp3) is 0.167. The first kappa shape index (κ1) is 17.2. The number of rotatable bonds is 5. The van der Waals surface area contributed by atoms with Crippen molar-refractivity contribution >= 4 is 23.3 Å². The molecule has 3 N–H and O–H groups in total. The number of phenolic OH excluding ortho intramolecular Hbond substituents is 1. The summed E-state index contributed by atoms with van der Waals surface area (Å²) in [5.74, 6) is -1.39. The summed E-state index contributed by atoms with van der Waals surface area (Å²) < 4.78 is 0. The molecule has 0 unspecified atom stereocenters. The summed E-state index contributed by atoms with van der Waals surface area (Å²) in [7, 11) is 0. The van der Waals surface area contributed by atoms with E-state index in [1.807, 2.05) is 0 Å². The standard InChI is InChI=1S/C18H18N2O4/c1-12(21)14-4-6-15(7-5-14)20-18(24)17(23)19-11-10-13-2-8-16(22)9-3-13/h2-9,22H,10-11H2,1H3,(H,19,23)(H,20,24). The highest BCUT2D eigenvalue weighted by Crippen LogP contribution is 2.10. The summed E-state index contributed by atoms with van der Waals surface area (Å²) in [6.45, 7) is 1.76. The number of anilines is 1. The Balaban J connectivity index is 1.80. The number of nitrogens with one attached hydrogen (secondary N) is 2. The first-order valence-electron chi connectivity index (χ1n) is 7.44. The lowest BCUT2D eigenvalue weighted by Gasteiger charge is -2.07. The molecule has 2 amide bonds. The predicted octanol–water partition coefficient (Wildman–Crippen LogP) is 1.89. The topological polar surface area (TPSA) is 95.5 Å². The number of aromatic hydroxyl groups is 1. The van der Waals surface area contributed by atoms with Crippen molar-refractivity contribution in [3.63, 3.8) is 0 Å². The first-order chi connectivity index (χ1) is 11.5. The number of benzene rings is 2. The molecule has 0 spiro atoms. The summed E-state index contributed by atoms with van der Waals surface area (Å²) in [4.78, 5) is 34.7. The van der Waals surface area contributed by atoms with Crippen LogP contribution in [0.5, 0.6) is 5.75 Å². The monoisotopic (exact) mass is 326 g/mol. The van der Waals surface area contributed by atoms with Gasteiger partial charge in [-0.15, -0.1) is 0 Å². The number of ketones is 1. The molecule has 0 heterocycles. The number of amides is 2. The van der Waals surface area contributed by atoms with Crippen molar-refractivity contribution in [2.24, 2.45) is 0 Å². The second-order valence-electron chi connectivity index (χ2n) is 5.26. The molecule has 2 aromatic carbocycles. The van der Waals surface area contributed by atoms with E-state index in [1.54, 1.807) is 48.5 Å². The van der Waals surface area contributed by atoms with E-state index in [0.717, 1.165) is 5.56 Å². The molecule has 0 bridgehead atoms. The van der Waals surface area contributed by atoms with Gasteiger partial charge in [0.25, 0.3) is 0 Å². The molecule has 0 aliphatic carbocycles. The molecule has 124 valence electrons. The smallest absolute Gasteiger partial charge is 0.313 e. The normalized spacial score (nSPS) is 10.0. The second-order valence-corrected chi connectivity index (χ2v) is 5.26. The van der Waals surface area contributed by atoms with Crippen LogP contribution in [0.4, 0.5) is 5.69 Å². The Bertz CT molecular complexity index is 737. The average molecular weight is 326 g/mol. The van der Waals surface area contributed by atoms with Crippen molar-refractivity contribution < 1.29 is 19.5 Å². The minimum atomic E-state index is -0.767. The minimum Gasteiger partial charge on any atom is -0.508 e. The van der Waals surface area contributed by atoms with E-state index in [4.69, 9.17) is 0 Å². The van der Waals surface area contributed by atoms with Gasteiger partial charge in [0.1, 0.15) is 5.75 Å². The maximum absolute atomic E-state index is 11.8. The molecule has 0 fully saturated rings. The highest BCUT2D eigenvalue weighted by Gasteiger charge is 2.13. The quantitative estimate of drug-likeness (QED) is 0.577. The number of hydrogen-bond acceptors (Lipinski definition) is 4. The Kier molecular flexibility index (Phi) is 5.68. The van der Waals surface area contributed by atoms with Crippen LogP contribution >= 0.6 is 0 Å². The Morgan fingerprint density at radius 2 is 1.54 bits per heavy atom. The third kappa shape index (κ3) is 4.95. The zero-order chi connectivity index (χ0) is 17.5. The summed E-state index contributed by atoms with van der Waals surface area (Å²) >= 11 is 0. The Morgan fingerprint density at radius 3 is 2.12 bits per heavy atom. The zero-order valence-electron chi connectivity index (χ0n) is 13.2. The Morgan fingerprint density at radius 1 is 0.917 bits per heavy atom. The van der Waals surface area contributed by atoms with Crippen molar-refractivity contribution in [3.05, 3.63) is 59.7 Å². The van der Waals surface area contributed by atoms with Gasteiger partial charge in [0.2, 0.25) is 0 Å². The van der Waals surface area contributed by atoms with E-state index in [1.165, 1.54) is 6.92 Å². The van der Waals surface area contributed by atoms with Crippen molar-refractivity contribution in [1.29, 1.82) is 0 Å². The summed E-state index contributed by atoms with van der Waals surface area (Å²) in [5.41, 5.74) is 1.92. The maximum Gasteiger partial charge on any atom is 0.313 e. The maximum atomic E-state index is 11.8. The number of carbonyl (C=O) groups is 3. The number of Topliss-reactive ketones (excluding diaryl/α,β-unsaturated/α-hetero) is 1. The molecule has 0 radical (unpaired) electrons. The van der Waals surface area contributed by atoms with Gasteiger partial charge in [-0.3, -0.25) is 14.4 Å². The van der Waals surface area contributed by atoms with E-state index < -0.39 is 11.8 Å². The first-order valence-corrected chi connectivity index (χ1v) is 7.44. The van der Waals surface area contributed by atoms with Crippen molar-refractivity contribution in [3.8, 4) is 5.75 Å². The molecular weight excluding hydrogens is 308 g/mol. The molecule has 0 saturated carbocycles. The minimum absolute atomic E-state index is 0.0696. The highest BCUT2D eigenvalue weighted by atomic mass is 16.3. The molecule has 0 aliphatic heterocycles. The molecule has 0 atom stereocenters. The van der Waals surface area contributed by atoms with Crippen LogP contribution in [-0.4, -0.2) is 29.2 Å². The fourth-order valence-electron chi connectivity index (χ4n) is 2.04. The van der Waals surface area contributed by atoms with E-state index in [9.17, 15) is 19.5 Å². The SMILES string of the molecule is CC(=O)c1ccc(NC(=O)C(=O)NCCc2ccc(O)cc2)cc1. The lowest BCUT2D eigenvalue weighted by atomic mass is 10.1. The van der Waals surface area contributed by atoms with E-state index in [0.29, 0.717) is 24.2 Å². The van der Waals surface area contributed by atoms with Crippen molar-refractivity contribution in [1.82, 2.24) is 5.32 Å². The second kappa shape index (κ2) is 7.92. The van der Waals surface area contributed by atoms with Crippen LogP contribution in [0.25, 0.3) is 0 Å². The van der Waals surface area contributed by atoms with Crippen LogP contribution in [0.1, 0.15) is 22.8 Å². The number of phenols is 1. The lowest BCUT2D eigenvalue weighted by Crippen LogP contribution is -2.36. The van der Waals surface area contributed by atoms with Gasteiger partial charge in [-0.25, -0.2) is 0 Å². The summed E-state index contributed by atoms with van der Waals surface area (Å²) in [6, 6.07) is 12.9. The summed E-state index contributed by atoms with van der Waals surface area (Å²) in [5, 5.41) is 14.2. The van der Waals surface area contributed by atoms with E-state index >= 15 is 0 Å². The fourth-order valence-corrected chi connectivity index (χ4v) is 2.04. The van der Waals surface area contributed by atoms with Gasteiger partial charge >= 0.3 is 11.8 Å². The van der Waals surface area contributed by atoms with Gasteiger partial charge < -0.3 is 15.7 Å². The Hall–Kier alpha value is -3.15. The van der Waals surface area contributed by atoms with Gasteiger partial charge in [-0.2, -0.15) is 0 Å². The third-order valence-corrected chi connectivity index (χ3v) is 3.39. The molecule has 2 aromatic rings. The lowest BCUT2D eigenvalue weighted by molar-refractivity contribution is -0.136. The third-order valence-electron chi connectivity index (χ3n) is 3.39. The van der Waals surface area contributed by atoms with Crippen LogP contribution in [0.3, 0.4) is 0 Å². The highest BCUT2D eigenvalue weighted by molar-refractivity contribution is 6.39. The van der Waals surface area contributed by atoms with Crippen LogP contribution in [0, 0.1) is 0 Å². The predicted molar refractivity (Wildman–Crippen MR) is 89.9 cm³/mol. The molecule has 0 saturated heterocycles. The number of carbonyl (C=O) groups excluding carboxylic acids is 3. The van der Waals surface area contributed by atoms with Crippen LogP contribution < -0.4 is 10.6 Å². The molecule has 6 nitrogen and oxygen atoms in total. The average Bonchev–Trinajstić information content (AvgIpc) is 2.57. The van der Waals surface area contributed by atoms with E-state index in [2.05, 4.69) is 10.6 Å². The molecule has 0 aromatic heterocycles. The molecular formula is C18H18N2O4. The van der Waals surface area contributed by atoms with Gasteiger partial charge in [-0.1, -0.05) is 12.1 Å². The van der Waals surface area contributed by atoms with Gasteiger partial charge in [0, 0.05) is 17.8 Å². The van der Waals surface area contributed by atoms with Crippen molar-refractivity contribution in [2.75, 3.05) is 11.9 Å². The number of hydrogen-bond donors (Lipinski definition) is 3. The van der Waals surface area contributed by atoms with Gasteiger partial charge in [-0.05, 0) is 55.3 Å². The largest absolute Gasteiger partial charge is 0.508 e. The molecule has 24 heavy (non-hydrogen) atoms. The van der Waals surface area contributed by atoms with E-state index in [-0.39, 0.29) is 11.5 Å². The van der Waals surface area contributed by atoms with Gasteiger partial charge in [0.15, 0.2) is 5.78 Å². The van der Waals surface area contributed by atoms with Crippen LogP contribution in [0.2, 0.25) is 0 Å².